The third-order valence-electron chi connectivity index (χ3n) is 1.07. The zero-order valence-electron chi connectivity index (χ0n) is 5.38. The molecular weight excluding hydrogens is 155 g/mol. The number of rotatable bonds is 1. The number of aromatic nitrogens is 2. The molecule has 1 aromatic rings. The Morgan fingerprint density at radius 1 is 1.70 bits per heavy atom. The Morgan fingerprint density at radius 2 is 2.40 bits per heavy atom. The maximum atomic E-state index is 12.5. The Labute approximate surface area is 63.1 Å². The van der Waals surface area contributed by atoms with Gasteiger partial charge in [0.2, 0.25) is 0 Å². The van der Waals surface area contributed by atoms with Crippen LogP contribution in [0.3, 0.4) is 0 Å². The Balaban J connectivity index is 3.03. The van der Waals surface area contributed by atoms with Crippen LogP contribution >= 0.6 is 11.6 Å². The van der Waals surface area contributed by atoms with Crippen LogP contribution < -0.4 is 0 Å². The molecule has 0 aliphatic rings. The smallest absolute Gasteiger partial charge is 0.141 e. The number of nitrogens with zero attached hydrogens (tertiary/aromatic N) is 2. The van der Waals surface area contributed by atoms with Crippen LogP contribution in [-0.2, 0) is 0 Å². The first kappa shape index (κ1) is 7.41. The van der Waals surface area contributed by atoms with Crippen molar-refractivity contribution in [2.75, 3.05) is 0 Å². The summed E-state index contributed by atoms with van der Waals surface area (Å²) in [6.45, 7) is 1.38. The van der Waals surface area contributed by atoms with E-state index < -0.39 is 6.17 Å². The molecule has 0 spiro atoms. The van der Waals surface area contributed by atoms with Crippen molar-refractivity contribution in [3.63, 3.8) is 0 Å². The van der Waals surface area contributed by atoms with Crippen molar-refractivity contribution in [3.8, 4) is 0 Å². The molecule has 4 heteroatoms. The monoisotopic (exact) mass is 160 g/mol. The van der Waals surface area contributed by atoms with Crippen molar-refractivity contribution < 1.29 is 4.39 Å². The van der Waals surface area contributed by atoms with Crippen molar-refractivity contribution in [2.24, 2.45) is 0 Å². The molecule has 1 unspecified atom stereocenters. The standard InChI is InChI=1S/C6H6ClFN2/c1-4(8)6-5(7)2-9-3-10-6/h2-4H,1H3. The predicted molar refractivity (Wildman–Crippen MR) is 36.6 cm³/mol. The van der Waals surface area contributed by atoms with E-state index in [-0.39, 0.29) is 10.7 Å². The second-order valence-corrected chi connectivity index (χ2v) is 2.28. The summed E-state index contributed by atoms with van der Waals surface area (Å²) in [5.41, 5.74) is 0.247. The summed E-state index contributed by atoms with van der Waals surface area (Å²) in [7, 11) is 0. The molecule has 1 atom stereocenters. The lowest BCUT2D eigenvalue weighted by molar-refractivity contribution is 0.365. The lowest BCUT2D eigenvalue weighted by Gasteiger charge is -2.00. The van der Waals surface area contributed by atoms with E-state index in [1.54, 1.807) is 0 Å². The van der Waals surface area contributed by atoms with E-state index in [2.05, 4.69) is 9.97 Å². The topological polar surface area (TPSA) is 25.8 Å². The lowest BCUT2D eigenvalue weighted by atomic mass is 10.3. The average Bonchev–Trinajstić information content (AvgIpc) is 1.88. The van der Waals surface area contributed by atoms with Crippen LogP contribution in [0.4, 0.5) is 4.39 Å². The highest BCUT2D eigenvalue weighted by atomic mass is 35.5. The van der Waals surface area contributed by atoms with Crippen LogP contribution in [0.15, 0.2) is 12.5 Å². The van der Waals surface area contributed by atoms with Gasteiger partial charge in [0.15, 0.2) is 0 Å². The van der Waals surface area contributed by atoms with Crippen molar-refractivity contribution in [3.05, 3.63) is 23.2 Å². The molecule has 0 aliphatic carbocycles. The van der Waals surface area contributed by atoms with E-state index in [4.69, 9.17) is 11.6 Å². The van der Waals surface area contributed by atoms with Gasteiger partial charge in [-0.25, -0.2) is 14.4 Å². The van der Waals surface area contributed by atoms with Crippen LogP contribution in [0.2, 0.25) is 5.02 Å². The van der Waals surface area contributed by atoms with Gasteiger partial charge in [-0.3, -0.25) is 0 Å². The van der Waals surface area contributed by atoms with Gasteiger partial charge in [-0.15, -0.1) is 0 Å². The number of hydrogen-bond donors (Lipinski definition) is 0. The van der Waals surface area contributed by atoms with Crippen LogP contribution in [-0.4, -0.2) is 9.97 Å². The minimum Gasteiger partial charge on any atom is -0.243 e. The summed E-state index contributed by atoms with van der Waals surface area (Å²) in [6, 6.07) is 0. The second kappa shape index (κ2) is 2.92. The van der Waals surface area contributed by atoms with E-state index in [9.17, 15) is 4.39 Å². The first-order chi connectivity index (χ1) is 4.72. The summed E-state index contributed by atoms with van der Waals surface area (Å²) in [5.74, 6) is 0. The Kier molecular flexibility index (Phi) is 2.17. The molecule has 10 heavy (non-hydrogen) atoms. The number of halogens is 2. The molecule has 0 amide bonds. The highest BCUT2D eigenvalue weighted by molar-refractivity contribution is 6.31. The highest BCUT2D eigenvalue weighted by Gasteiger charge is 2.07. The zero-order valence-corrected chi connectivity index (χ0v) is 6.14. The summed E-state index contributed by atoms with van der Waals surface area (Å²) in [4.78, 5) is 7.28. The minimum atomic E-state index is -1.13. The van der Waals surface area contributed by atoms with E-state index in [0.29, 0.717) is 0 Å². The summed E-state index contributed by atoms with van der Waals surface area (Å²) in [6.07, 6.45) is 1.52. The SMILES string of the molecule is CC(F)c1ncncc1Cl. The van der Waals surface area contributed by atoms with Gasteiger partial charge in [-0.1, -0.05) is 11.6 Å². The fraction of sp³-hybridized carbons (Fsp3) is 0.333. The largest absolute Gasteiger partial charge is 0.243 e. The third kappa shape index (κ3) is 1.42. The molecule has 0 aliphatic heterocycles. The molecular formula is C6H6ClFN2. The van der Waals surface area contributed by atoms with Crippen LogP contribution in [0.1, 0.15) is 18.8 Å². The van der Waals surface area contributed by atoms with Crippen molar-refractivity contribution >= 4 is 11.6 Å². The van der Waals surface area contributed by atoms with E-state index in [1.165, 1.54) is 19.4 Å². The van der Waals surface area contributed by atoms with Gasteiger partial charge in [0, 0.05) is 6.20 Å². The summed E-state index contributed by atoms with van der Waals surface area (Å²) >= 11 is 5.55. The molecule has 1 rings (SSSR count). The molecule has 0 N–H and O–H groups in total. The molecule has 0 radical (unpaired) electrons. The van der Waals surface area contributed by atoms with Gasteiger partial charge < -0.3 is 0 Å². The summed E-state index contributed by atoms with van der Waals surface area (Å²) in [5, 5.41) is 0.275. The molecule has 54 valence electrons. The van der Waals surface area contributed by atoms with E-state index in [1.807, 2.05) is 0 Å². The maximum Gasteiger partial charge on any atom is 0.141 e. The molecule has 1 heterocycles. The maximum absolute atomic E-state index is 12.5. The Bertz CT molecular complexity index is 227. The fourth-order valence-electron chi connectivity index (χ4n) is 0.615. The quantitative estimate of drug-likeness (QED) is 0.629. The van der Waals surface area contributed by atoms with Crippen molar-refractivity contribution in [1.29, 1.82) is 0 Å². The van der Waals surface area contributed by atoms with Gasteiger partial charge in [-0.05, 0) is 6.92 Å². The van der Waals surface area contributed by atoms with Crippen LogP contribution in [0.5, 0.6) is 0 Å². The third-order valence-corrected chi connectivity index (χ3v) is 1.36. The van der Waals surface area contributed by atoms with Gasteiger partial charge in [-0.2, -0.15) is 0 Å². The van der Waals surface area contributed by atoms with Crippen LogP contribution in [0, 0.1) is 0 Å². The van der Waals surface area contributed by atoms with Gasteiger partial charge >= 0.3 is 0 Å². The molecule has 0 bridgehead atoms. The predicted octanol–water partition coefficient (Wildman–Crippen LogP) is 2.16. The second-order valence-electron chi connectivity index (χ2n) is 1.87. The van der Waals surface area contributed by atoms with Gasteiger partial charge in [0.05, 0.1) is 10.7 Å². The normalized spacial score (nSPS) is 13.1. The zero-order chi connectivity index (χ0) is 7.56. The van der Waals surface area contributed by atoms with E-state index >= 15 is 0 Å². The summed E-state index contributed by atoms with van der Waals surface area (Å²) < 4.78 is 12.5. The molecule has 0 fully saturated rings. The van der Waals surface area contributed by atoms with Gasteiger partial charge in [0.1, 0.15) is 12.5 Å². The number of alkyl halides is 1. The van der Waals surface area contributed by atoms with Crippen LogP contribution in [0.25, 0.3) is 0 Å². The minimum absolute atomic E-state index is 0.247. The first-order valence-electron chi connectivity index (χ1n) is 2.81. The van der Waals surface area contributed by atoms with Gasteiger partial charge in [0.25, 0.3) is 0 Å². The fourth-order valence-corrected chi connectivity index (χ4v) is 0.870. The molecule has 0 aromatic carbocycles. The molecule has 2 nitrogen and oxygen atoms in total. The van der Waals surface area contributed by atoms with E-state index in [0.717, 1.165) is 0 Å². The first-order valence-corrected chi connectivity index (χ1v) is 3.19. The van der Waals surface area contributed by atoms with Crippen molar-refractivity contribution in [2.45, 2.75) is 13.1 Å². The highest BCUT2D eigenvalue weighted by Crippen LogP contribution is 2.20. The molecule has 1 aromatic heterocycles. The molecule has 0 saturated carbocycles. The Morgan fingerprint density at radius 3 is 2.80 bits per heavy atom. The average molecular weight is 161 g/mol. The van der Waals surface area contributed by atoms with Crippen molar-refractivity contribution in [1.82, 2.24) is 9.97 Å². The lowest BCUT2D eigenvalue weighted by Crippen LogP contribution is -1.92. The Hall–Kier alpha value is -0.700. The number of hydrogen-bond acceptors (Lipinski definition) is 2. The molecule has 0 saturated heterocycles.